The summed E-state index contributed by atoms with van der Waals surface area (Å²) in [6.07, 6.45) is 2.44. The van der Waals surface area contributed by atoms with E-state index in [0.717, 1.165) is 22.9 Å². The van der Waals surface area contributed by atoms with Crippen molar-refractivity contribution < 1.29 is 0 Å². The first-order chi connectivity index (χ1) is 9.20. The largest absolute Gasteiger partial charge is 0.373 e. The van der Waals surface area contributed by atoms with Crippen LogP contribution in [-0.4, -0.2) is 17.0 Å². The molecule has 0 radical (unpaired) electrons. The van der Waals surface area contributed by atoms with Crippen LogP contribution < -0.4 is 5.32 Å². The lowest BCUT2D eigenvalue weighted by Gasteiger charge is -2.13. The van der Waals surface area contributed by atoms with Crippen LogP contribution in [0.2, 0.25) is 0 Å². The van der Waals surface area contributed by atoms with Gasteiger partial charge in [-0.2, -0.15) is 0 Å². The Labute approximate surface area is 114 Å². The van der Waals surface area contributed by atoms with Gasteiger partial charge in [-0.25, -0.2) is 9.97 Å². The van der Waals surface area contributed by atoms with E-state index in [1.807, 2.05) is 7.05 Å². The quantitative estimate of drug-likeness (QED) is 0.906. The number of hydrogen-bond donors (Lipinski definition) is 1. The van der Waals surface area contributed by atoms with Gasteiger partial charge in [0.1, 0.15) is 11.6 Å². The van der Waals surface area contributed by atoms with Crippen LogP contribution in [0.1, 0.15) is 35.7 Å². The standard InChI is InChI=1S/C16H19N3/c1-10-6-4-5-7-13(10)14-11(2)15(17-3)19-16(18-14)12-8-9-12/h4-7,12H,8-9H2,1-3H3,(H,17,18,19). The first-order valence-corrected chi connectivity index (χ1v) is 6.83. The number of nitrogens with zero attached hydrogens (tertiary/aromatic N) is 2. The summed E-state index contributed by atoms with van der Waals surface area (Å²) in [5.74, 6) is 2.51. The number of rotatable bonds is 3. The molecule has 1 aromatic heterocycles. The molecule has 1 aliphatic carbocycles. The fraction of sp³-hybridized carbons (Fsp3) is 0.375. The van der Waals surface area contributed by atoms with E-state index in [0.29, 0.717) is 5.92 Å². The summed E-state index contributed by atoms with van der Waals surface area (Å²) < 4.78 is 0. The molecule has 1 aliphatic rings. The van der Waals surface area contributed by atoms with E-state index in [-0.39, 0.29) is 0 Å². The summed E-state index contributed by atoms with van der Waals surface area (Å²) in [4.78, 5) is 9.47. The third-order valence-corrected chi connectivity index (χ3v) is 3.74. The number of aryl methyl sites for hydroxylation is 1. The van der Waals surface area contributed by atoms with Crippen molar-refractivity contribution in [1.82, 2.24) is 9.97 Å². The molecule has 0 unspecified atom stereocenters. The van der Waals surface area contributed by atoms with Crippen molar-refractivity contribution >= 4 is 5.82 Å². The molecule has 1 saturated carbocycles. The molecular weight excluding hydrogens is 234 g/mol. The molecular formula is C16H19N3. The molecule has 1 N–H and O–H groups in total. The zero-order chi connectivity index (χ0) is 13.4. The molecule has 0 bridgehead atoms. The molecule has 0 saturated heterocycles. The maximum atomic E-state index is 4.82. The second-order valence-corrected chi connectivity index (χ2v) is 5.24. The van der Waals surface area contributed by atoms with Gasteiger partial charge in [0.05, 0.1) is 5.69 Å². The van der Waals surface area contributed by atoms with Crippen molar-refractivity contribution in [2.45, 2.75) is 32.6 Å². The summed E-state index contributed by atoms with van der Waals surface area (Å²) in [6.45, 7) is 4.22. The third kappa shape index (κ3) is 2.21. The summed E-state index contributed by atoms with van der Waals surface area (Å²) in [5.41, 5.74) is 4.66. The fourth-order valence-electron chi connectivity index (χ4n) is 2.40. The van der Waals surface area contributed by atoms with Gasteiger partial charge in [0.15, 0.2) is 0 Å². The summed E-state index contributed by atoms with van der Waals surface area (Å²) >= 11 is 0. The van der Waals surface area contributed by atoms with Crippen molar-refractivity contribution in [3.8, 4) is 11.3 Å². The Kier molecular flexibility index (Phi) is 2.97. The van der Waals surface area contributed by atoms with Gasteiger partial charge in [-0.1, -0.05) is 24.3 Å². The number of anilines is 1. The Morgan fingerprint density at radius 2 is 1.84 bits per heavy atom. The van der Waals surface area contributed by atoms with E-state index < -0.39 is 0 Å². The Morgan fingerprint density at radius 3 is 2.47 bits per heavy atom. The first kappa shape index (κ1) is 12.2. The van der Waals surface area contributed by atoms with Crippen molar-refractivity contribution in [2.75, 3.05) is 12.4 Å². The SMILES string of the molecule is CNc1nc(C2CC2)nc(-c2ccccc2C)c1C. The highest BCUT2D eigenvalue weighted by Crippen LogP contribution is 2.40. The van der Waals surface area contributed by atoms with E-state index in [1.165, 1.54) is 24.0 Å². The fourth-order valence-corrected chi connectivity index (χ4v) is 2.40. The lowest BCUT2D eigenvalue weighted by atomic mass is 10.0. The second kappa shape index (κ2) is 4.65. The minimum atomic E-state index is 0.565. The molecule has 1 heterocycles. The Balaban J connectivity index is 2.19. The minimum Gasteiger partial charge on any atom is -0.373 e. The third-order valence-electron chi connectivity index (χ3n) is 3.74. The van der Waals surface area contributed by atoms with Crippen LogP contribution in [0, 0.1) is 13.8 Å². The van der Waals surface area contributed by atoms with Gasteiger partial charge in [-0.15, -0.1) is 0 Å². The summed E-state index contributed by atoms with van der Waals surface area (Å²) in [6, 6.07) is 8.41. The molecule has 2 aromatic rings. The Bertz CT molecular complexity index is 615. The van der Waals surface area contributed by atoms with Gasteiger partial charge < -0.3 is 5.32 Å². The maximum Gasteiger partial charge on any atom is 0.134 e. The molecule has 1 aromatic carbocycles. The lowest BCUT2D eigenvalue weighted by Crippen LogP contribution is -2.05. The van der Waals surface area contributed by atoms with Gasteiger partial charge in [-0.05, 0) is 32.3 Å². The van der Waals surface area contributed by atoms with Crippen LogP contribution in [0.15, 0.2) is 24.3 Å². The van der Waals surface area contributed by atoms with Crippen LogP contribution in [-0.2, 0) is 0 Å². The maximum absolute atomic E-state index is 4.82. The molecule has 0 atom stereocenters. The van der Waals surface area contributed by atoms with Gasteiger partial charge in [-0.3, -0.25) is 0 Å². The summed E-state index contributed by atoms with van der Waals surface area (Å²) in [7, 11) is 1.92. The van der Waals surface area contributed by atoms with E-state index >= 15 is 0 Å². The molecule has 1 fully saturated rings. The topological polar surface area (TPSA) is 37.8 Å². The van der Waals surface area contributed by atoms with Gasteiger partial charge >= 0.3 is 0 Å². The van der Waals surface area contributed by atoms with Crippen LogP contribution >= 0.6 is 0 Å². The van der Waals surface area contributed by atoms with E-state index in [2.05, 4.69) is 48.4 Å². The van der Waals surface area contributed by atoms with E-state index in [9.17, 15) is 0 Å². The van der Waals surface area contributed by atoms with Crippen LogP contribution in [0.3, 0.4) is 0 Å². The van der Waals surface area contributed by atoms with E-state index in [4.69, 9.17) is 4.98 Å². The predicted molar refractivity (Wildman–Crippen MR) is 78.5 cm³/mol. The molecule has 3 nitrogen and oxygen atoms in total. The molecule has 3 rings (SSSR count). The monoisotopic (exact) mass is 253 g/mol. The first-order valence-electron chi connectivity index (χ1n) is 6.83. The van der Waals surface area contributed by atoms with Gasteiger partial charge in [0.2, 0.25) is 0 Å². The predicted octanol–water partition coefficient (Wildman–Crippen LogP) is 3.68. The number of benzene rings is 1. The highest BCUT2D eigenvalue weighted by molar-refractivity contribution is 5.70. The van der Waals surface area contributed by atoms with Gasteiger partial charge in [0.25, 0.3) is 0 Å². The van der Waals surface area contributed by atoms with Crippen LogP contribution in [0.4, 0.5) is 5.82 Å². The van der Waals surface area contributed by atoms with Crippen molar-refractivity contribution in [3.05, 3.63) is 41.2 Å². The second-order valence-electron chi connectivity index (χ2n) is 5.24. The van der Waals surface area contributed by atoms with Crippen molar-refractivity contribution in [2.24, 2.45) is 0 Å². The highest BCUT2D eigenvalue weighted by atomic mass is 15.0. The van der Waals surface area contributed by atoms with Crippen LogP contribution in [0.25, 0.3) is 11.3 Å². The molecule has 3 heteroatoms. The zero-order valence-corrected chi connectivity index (χ0v) is 11.7. The number of nitrogens with one attached hydrogen (secondary N) is 1. The number of hydrogen-bond acceptors (Lipinski definition) is 3. The minimum absolute atomic E-state index is 0.565. The Hall–Kier alpha value is -1.90. The molecule has 0 spiro atoms. The van der Waals surface area contributed by atoms with Crippen LogP contribution in [0.5, 0.6) is 0 Å². The van der Waals surface area contributed by atoms with Crippen molar-refractivity contribution in [1.29, 1.82) is 0 Å². The molecule has 19 heavy (non-hydrogen) atoms. The normalized spacial score (nSPS) is 14.5. The smallest absolute Gasteiger partial charge is 0.134 e. The molecule has 0 aliphatic heterocycles. The Morgan fingerprint density at radius 1 is 1.11 bits per heavy atom. The van der Waals surface area contributed by atoms with Crippen molar-refractivity contribution in [3.63, 3.8) is 0 Å². The molecule has 0 amide bonds. The average Bonchev–Trinajstić information content (AvgIpc) is 3.24. The lowest BCUT2D eigenvalue weighted by molar-refractivity contribution is 0.923. The molecule has 98 valence electrons. The average molecular weight is 253 g/mol. The zero-order valence-electron chi connectivity index (χ0n) is 11.7. The van der Waals surface area contributed by atoms with E-state index in [1.54, 1.807) is 0 Å². The summed E-state index contributed by atoms with van der Waals surface area (Å²) in [5, 5.41) is 3.20. The van der Waals surface area contributed by atoms with Gasteiger partial charge in [0, 0.05) is 24.1 Å². The highest BCUT2D eigenvalue weighted by Gasteiger charge is 2.28. The number of aromatic nitrogens is 2.